The average Bonchev–Trinajstić information content (AvgIpc) is 2.70. The van der Waals surface area contributed by atoms with Gasteiger partial charge in [-0.15, -0.1) is 0 Å². The van der Waals surface area contributed by atoms with Gasteiger partial charge in [0.05, 0.1) is 0 Å². The van der Waals surface area contributed by atoms with E-state index >= 15 is 0 Å². The third-order valence-corrected chi connectivity index (χ3v) is 3.83. The molecule has 0 aliphatic carbocycles. The van der Waals surface area contributed by atoms with Gasteiger partial charge in [-0.3, -0.25) is 4.99 Å². The summed E-state index contributed by atoms with van der Waals surface area (Å²) in [4.78, 5) is 8.48. The molecule has 2 aromatic carbocycles. The molecule has 0 fully saturated rings. The zero-order valence-electron chi connectivity index (χ0n) is 15.0. The number of benzene rings is 2. The summed E-state index contributed by atoms with van der Waals surface area (Å²) >= 11 is 0. The Hall–Kier alpha value is -3.41. The lowest BCUT2D eigenvalue weighted by Gasteiger charge is -2.14. The molecule has 0 saturated heterocycles. The maximum absolute atomic E-state index is 13.4. The molecular weight excluding hydrogens is 343 g/mol. The molecule has 0 spiro atoms. The third kappa shape index (κ3) is 5.54. The van der Waals surface area contributed by atoms with Gasteiger partial charge in [-0.1, -0.05) is 42.5 Å². The first kappa shape index (κ1) is 18.4. The van der Waals surface area contributed by atoms with Crippen molar-refractivity contribution in [3.63, 3.8) is 0 Å². The maximum atomic E-state index is 13.4. The standard InChI is InChI=1S/C21H21FN4O/c1-23-21(25-14-16-7-3-2-4-8-16)26-15-17-9-6-12-24-20(17)27-19-11-5-10-18(22)13-19/h2-13H,14-15H2,1H3,(H2,23,25,26). The number of pyridine rings is 1. The van der Waals surface area contributed by atoms with Crippen LogP contribution in [0.4, 0.5) is 4.39 Å². The van der Waals surface area contributed by atoms with E-state index in [1.54, 1.807) is 25.4 Å². The molecule has 0 aliphatic rings. The second-order valence-electron chi connectivity index (χ2n) is 5.79. The summed E-state index contributed by atoms with van der Waals surface area (Å²) in [6, 6.07) is 19.8. The van der Waals surface area contributed by atoms with Crippen LogP contribution in [0.15, 0.2) is 77.9 Å². The lowest BCUT2D eigenvalue weighted by Crippen LogP contribution is -2.36. The predicted molar refractivity (Wildman–Crippen MR) is 104 cm³/mol. The number of hydrogen-bond acceptors (Lipinski definition) is 3. The fraction of sp³-hybridized carbons (Fsp3) is 0.143. The van der Waals surface area contributed by atoms with Crippen LogP contribution in [0, 0.1) is 5.82 Å². The summed E-state index contributed by atoms with van der Waals surface area (Å²) in [7, 11) is 1.72. The summed E-state index contributed by atoms with van der Waals surface area (Å²) in [5.74, 6) is 1.14. The Morgan fingerprint density at radius 3 is 2.59 bits per heavy atom. The van der Waals surface area contributed by atoms with Crippen LogP contribution in [0.5, 0.6) is 11.6 Å². The fourth-order valence-corrected chi connectivity index (χ4v) is 2.47. The molecule has 2 N–H and O–H groups in total. The van der Waals surface area contributed by atoms with Crippen molar-refractivity contribution in [1.82, 2.24) is 15.6 Å². The summed E-state index contributed by atoms with van der Waals surface area (Å²) in [6.45, 7) is 1.13. The Kier molecular flexibility index (Phi) is 6.35. The molecule has 6 heteroatoms. The van der Waals surface area contributed by atoms with Crippen LogP contribution in [0.1, 0.15) is 11.1 Å². The second-order valence-corrected chi connectivity index (χ2v) is 5.79. The van der Waals surface area contributed by atoms with Gasteiger partial charge in [0.1, 0.15) is 11.6 Å². The molecule has 27 heavy (non-hydrogen) atoms. The van der Waals surface area contributed by atoms with Gasteiger partial charge in [-0.2, -0.15) is 0 Å². The topological polar surface area (TPSA) is 58.5 Å². The molecule has 0 amide bonds. The van der Waals surface area contributed by atoms with E-state index in [1.165, 1.54) is 12.1 Å². The molecule has 1 heterocycles. The number of guanidine groups is 1. The molecule has 0 radical (unpaired) electrons. The van der Waals surface area contributed by atoms with Gasteiger partial charge in [0.2, 0.25) is 5.88 Å². The van der Waals surface area contributed by atoms with Crippen LogP contribution in [0.25, 0.3) is 0 Å². The highest BCUT2D eigenvalue weighted by molar-refractivity contribution is 5.79. The number of aromatic nitrogens is 1. The van der Waals surface area contributed by atoms with Crippen molar-refractivity contribution < 1.29 is 9.13 Å². The highest BCUT2D eigenvalue weighted by atomic mass is 19.1. The highest BCUT2D eigenvalue weighted by Gasteiger charge is 2.08. The van der Waals surface area contributed by atoms with Gasteiger partial charge in [0.25, 0.3) is 0 Å². The molecule has 3 rings (SSSR count). The van der Waals surface area contributed by atoms with Gasteiger partial charge >= 0.3 is 0 Å². The first-order valence-electron chi connectivity index (χ1n) is 8.60. The summed E-state index contributed by atoms with van der Waals surface area (Å²) in [5, 5.41) is 6.50. The summed E-state index contributed by atoms with van der Waals surface area (Å²) in [6.07, 6.45) is 1.64. The van der Waals surface area contributed by atoms with Crippen LogP contribution in [0.2, 0.25) is 0 Å². The first-order valence-corrected chi connectivity index (χ1v) is 8.60. The van der Waals surface area contributed by atoms with E-state index in [0.29, 0.717) is 30.7 Å². The average molecular weight is 364 g/mol. The third-order valence-electron chi connectivity index (χ3n) is 3.83. The molecular formula is C21H21FN4O. The van der Waals surface area contributed by atoms with Gasteiger partial charge in [0.15, 0.2) is 5.96 Å². The van der Waals surface area contributed by atoms with E-state index < -0.39 is 0 Å². The van der Waals surface area contributed by atoms with E-state index in [-0.39, 0.29) is 5.82 Å². The summed E-state index contributed by atoms with van der Waals surface area (Å²) in [5.41, 5.74) is 2.00. The molecule has 3 aromatic rings. The minimum Gasteiger partial charge on any atom is -0.439 e. The van der Waals surface area contributed by atoms with Crippen molar-refractivity contribution >= 4 is 5.96 Å². The molecule has 0 aliphatic heterocycles. The number of aliphatic imine (C=N–C) groups is 1. The van der Waals surface area contributed by atoms with E-state index in [9.17, 15) is 4.39 Å². The Morgan fingerprint density at radius 2 is 1.81 bits per heavy atom. The minimum atomic E-state index is -0.353. The van der Waals surface area contributed by atoms with Gasteiger partial charge < -0.3 is 15.4 Å². The molecule has 0 saturated carbocycles. The molecule has 0 unspecified atom stereocenters. The summed E-state index contributed by atoms with van der Waals surface area (Å²) < 4.78 is 19.1. The number of halogens is 1. The Morgan fingerprint density at radius 1 is 1.00 bits per heavy atom. The lowest BCUT2D eigenvalue weighted by molar-refractivity contribution is 0.450. The molecule has 0 bridgehead atoms. The monoisotopic (exact) mass is 364 g/mol. The number of nitrogens with one attached hydrogen (secondary N) is 2. The SMILES string of the molecule is CN=C(NCc1ccccc1)NCc1cccnc1Oc1cccc(F)c1. The van der Waals surface area contributed by atoms with Crippen molar-refractivity contribution in [2.24, 2.45) is 4.99 Å². The molecule has 1 aromatic heterocycles. The number of hydrogen-bond donors (Lipinski definition) is 2. The van der Waals surface area contributed by atoms with Crippen molar-refractivity contribution in [3.8, 4) is 11.6 Å². The van der Waals surface area contributed by atoms with Crippen molar-refractivity contribution in [1.29, 1.82) is 0 Å². The maximum Gasteiger partial charge on any atom is 0.224 e. The van der Waals surface area contributed by atoms with Crippen LogP contribution in [0.3, 0.4) is 0 Å². The van der Waals surface area contributed by atoms with E-state index in [0.717, 1.165) is 11.1 Å². The molecule has 0 atom stereocenters. The zero-order chi connectivity index (χ0) is 18.9. The van der Waals surface area contributed by atoms with Crippen LogP contribution in [-0.4, -0.2) is 18.0 Å². The number of ether oxygens (including phenoxy) is 1. The quantitative estimate of drug-likeness (QED) is 0.515. The van der Waals surface area contributed by atoms with Crippen LogP contribution >= 0.6 is 0 Å². The zero-order valence-corrected chi connectivity index (χ0v) is 15.0. The first-order chi connectivity index (χ1) is 13.2. The second kappa shape index (κ2) is 9.33. The minimum absolute atomic E-state index is 0.353. The molecule has 138 valence electrons. The van der Waals surface area contributed by atoms with Crippen LogP contribution < -0.4 is 15.4 Å². The van der Waals surface area contributed by atoms with Crippen LogP contribution in [-0.2, 0) is 13.1 Å². The Bertz CT molecular complexity index is 899. The Balaban J connectivity index is 1.61. The highest BCUT2D eigenvalue weighted by Crippen LogP contribution is 2.23. The van der Waals surface area contributed by atoms with E-state index in [1.807, 2.05) is 42.5 Å². The van der Waals surface area contributed by atoms with E-state index in [2.05, 4.69) is 20.6 Å². The van der Waals surface area contributed by atoms with Gasteiger partial charge in [-0.05, 0) is 23.8 Å². The Labute approximate surface area is 157 Å². The lowest BCUT2D eigenvalue weighted by atomic mass is 10.2. The largest absolute Gasteiger partial charge is 0.439 e. The predicted octanol–water partition coefficient (Wildman–Crippen LogP) is 3.88. The fourth-order valence-electron chi connectivity index (χ4n) is 2.47. The smallest absolute Gasteiger partial charge is 0.224 e. The number of nitrogens with zero attached hydrogens (tertiary/aromatic N) is 2. The van der Waals surface area contributed by atoms with Gasteiger partial charge in [-0.25, -0.2) is 9.37 Å². The van der Waals surface area contributed by atoms with Crippen molar-refractivity contribution in [2.75, 3.05) is 7.05 Å². The van der Waals surface area contributed by atoms with Crippen molar-refractivity contribution in [3.05, 3.63) is 89.9 Å². The van der Waals surface area contributed by atoms with Gasteiger partial charge in [0, 0.05) is 38.0 Å². The number of rotatable bonds is 6. The van der Waals surface area contributed by atoms with Crippen molar-refractivity contribution in [2.45, 2.75) is 13.1 Å². The molecule has 5 nitrogen and oxygen atoms in total. The normalized spacial score (nSPS) is 11.1. The van der Waals surface area contributed by atoms with E-state index in [4.69, 9.17) is 4.74 Å².